The van der Waals surface area contributed by atoms with Gasteiger partial charge in [0.1, 0.15) is 5.75 Å². The van der Waals surface area contributed by atoms with Crippen molar-refractivity contribution in [1.82, 2.24) is 5.32 Å². The molecule has 0 heterocycles. The Balaban J connectivity index is 1.89. The van der Waals surface area contributed by atoms with Crippen LogP contribution in [0.15, 0.2) is 42.5 Å². The lowest BCUT2D eigenvalue weighted by molar-refractivity contribution is -0.136. The molecule has 0 spiro atoms. The van der Waals surface area contributed by atoms with Gasteiger partial charge in [-0.15, -0.1) is 0 Å². The second-order valence-electron chi connectivity index (χ2n) is 5.75. The Morgan fingerprint density at radius 2 is 1.68 bits per heavy atom. The molecule has 0 aromatic heterocycles. The van der Waals surface area contributed by atoms with Crippen molar-refractivity contribution in [3.8, 4) is 17.2 Å². The Morgan fingerprint density at radius 3 is 2.29 bits per heavy atom. The molecule has 0 bridgehead atoms. The third kappa shape index (κ3) is 5.62. The summed E-state index contributed by atoms with van der Waals surface area (Å²) in [6, 6.07) is 11.6. The van der Waals surface area contributed by atoms with Crippen LogP contribution in [-0.2, 0) is 9.59 Å². The number of amides is 2. The molecule has 1 unspecified atom stereocenters. The molecule has 8 heteroatoms. The van der Waals surface area contributed by atoms with Crippen LogP contribution in [-0.4, -0.2) is 44.3 Å². The fourth-order valence-corrected chi connectivity index (χ4v) is 2.44. The van der Waals surface area contributed by atoms with Gasteiger partial charge < -0.3 is 30.0 Å². The molecule has 0 aliphatic heterocycles. The van der Waals surface area contributed by atoms with Crippen LogP contribution < -0.4 is 24.8 Å². The zero-order chi connectivity index (χ0) is 20.5. The maximum Gasteiger partial charge on any atom is 0.313 e. The highest BCUT2D eigenvalue weighted by Crippen LogP contribution is 2.29. The van der Waals surface area contributed by atoms with Gasteiger partial charge in [-0.2, -0.15) is 0 Å². The molecular weight excluding hydrogens is 364 g/mol. The van der Waals surface area contributed by atoms with Crippen LogP contribution in [0.5, 0.6) is 17.2 Å². The van der Waals surface area contributed by atoms with Crippen LogP contribution in [0.3, 0.4) is 0 Å². The van der Waals surface area contributed by atoms with E-state index < -0.39 is 17.9 Å². The summed E-state index contributed by atoms with van der Waals surface area (Å²) in [5.74, 6) is -0.0316. The first-order valence-corrected chi connectivity index (χ1v) is 8.70. The van der Waals surface area contributed by atoms with E-state index in [-0.39, 0.29) is 6.54 Å². The first-order valence-electron chi connectivity index (χ1n) is 8.70. The quantitative estimate of drug-likeness (QED) is 0.597. The van der Waals surface area contributed by atoms with Gasteiger partial charge in [0.05, 0.1) is 26.9 Å². The number of carbonyl (C=O) groups excluding carboxylic acids is 2. The fraction of sp³-hybridized carbons (Fsp3) is 0.300. The van der Waals surface area contributed by atoms with E-state index in [2.05, 4.69) is 10.6 Å². The molecule has 2 amide bonds. The second-order valence-corrected chi connectivity index (χ2v) is 5.75. The number of ether oxygens (including phenoxy) is 3. The predicted octanol–water partition coefficient (Wildman–Crippen LogP) is 1.89. The van der Waals surface area contributed by atoms with Crippen LogP contribution in [0, 0.1) is 0 Å². The molecule has 28 heavy (non-hydrogen) atoms. The number of aliphatic hydroxyl groups excluding tert-OH is 1. The number of benzene rings is 2. The largest absolute Gasteiger partial charge is 0.494 e. The van der Waals surface area contributed by atoms with Crippen molar-refractivity contribution in [2.75, 3.05) is 32.7 Å². The fourth-order valence-electron chi connectivity index (χ4n) is 2.44. The summed E-state index contributed by atoms with van der Waals surface area (Å²) in [4.78, 5) is 24.0. The summed E-state index contributed by atoms with van der Waals surface area (Å²) < 4.78 is 15.6. The molecule has 1 atom stereocenters. The number of aliphatic hydroxyl groups is 1. The molecule has 8 nitrogen and oxygen atoms in total. The average molecular weight is 388 g/mol. The molecule has 0 radical (unpaired) electrons. The molecule has 3 N–H and O–H groups in total. The van der Waals surface area contributed by atoms with E-state index in [0.29, 0.717) is 35.1 Å². The van der Waals surface area contributed by atoms with Gasteiger partial charge in [-0.25, -0.2) is 0 Å². The molecule has 0 aliphatic rings. The highest BCUT2D eigenvalue weighted by atomic mass is 16.5. The average Bonchev–Trinajstić information content (AvgIpc) is 2.72. The monoisotopic (exact) mass is 388 g/mol. The van der Waals surface area contributed by atoms with Crippen molar-refractivity contribution < 1.29 is 28.9 Å². The van der Waals surface area contributed by atoms with Gasteiger partial charge in [0.15, 0.2) is 11.5 Å². The minimum atomic E-state index is -1.01. The van der Waals surface area contributed by atoms with Crippen molar-refractivity contribution in [3.63, 3.8) is 0 Å². The van der Waals surface area contributed by atoms with Gasteiger partial charge >= 0.3 is 11.8 Å². The van der Waals surface area contributed by atoms with Crippen LogP contribution >= 0.6 is 0 Å². The molecule has 150 valence electrons. The summed E-state index contributed by atoms with van der Waals surface area (Å²) in [5, 5.41) is 15.1. The smallest absolute Gasteiger partial charge is 0.313 e. The topological polar surface area (TPSA) is 106 Å². The van der Waals surface area contributed by atoms with Gasteiger partial charge in [0.2, 0.25) is 0 Å². The molecule has 0 aliphatic carbocycles. The number of hydrogen-bond donors (Lipinski definition) is 3. The van der Waals surface area contributed by atoms with Crippen molar-refractivity contribution in [1.29, 1.82) is 0 Å². The van der Waals surface area contributed by atoms with Crippen LogP contribution in [0.4, 0.5) is 5.69 Å². The number of rotatable bonds is 8. The van der Waals surface area contributed by atoms with Crippen LogP contribution in [0.1, 0.15) is 18.6 Å². The van der Waals surface area contributed by atoms with E-state index in [1.165, 1.54) is 14.2 Å². The third-order valence-corrected chi connectivity index (χ3v) is 3.88. The second kappa shape index (κ2) is 10.2. The van der Waals surface area contributed by atoms with Crippen molar-refractivity contribution in [2.45, 2.75) is 13.0 Å². The Bertz CT molecular complexity index is 807. The Labute approximate surface area is 163 Å². The van der Waals surface area contributed by atoms with E-state index >= 15 is 0 Å². The minimum Gasteiger partial charge on any atom is -0.494 e. The van der Waals surface area contributed by atoms with Crippen LogP contribution in [0.25, 0.3) is 0 Å². The van der Waals surface area contributed by atoms with Crippen LogP contribution in [0.2, 0.25) is 0 Å². The first kappa shape index (κ1) is 21.0. The maximum absolute atomic E-state index is 12.0. The van der Waals surface area contributed by atoms with Gasteiger partial charge in [-0.05, 0) is 48.9 Å². The summed E-state index contributed by atoms with van der Waals surface area (Å²) in [7, 11) is 3.00. The Morgan fingerprint density at radius 1 is 1.00 bits per heavy atom. The normalized spacial score (nSPS) is 11.3. The number of nitrogens with one attached hydrogen (secondary N) is 2. The molecule has 2 rings (SSSR count). The lowest BCUT2D eigenvalue weighted by Crippen LogP contribution is -2.37. The van der Waals surface area contributed by atoms with Gasteiger partial charge in [0.25, 0.3) is 0 Å². The zero-order valence-electron chi connectivity index (χ0n) is 16.0. The van der Waals surface area contributed by atoms with Crippen molar-refractivity contribution >= 4 is 17.5 Å². The number of methoxy groups -OCH3 is 2. The molecule has 0 saturated heterocycles. The van der Waals surface area contributed by atoms with E-state index in [4.69, 9.17) is 14.2 Å². The SMILES string of the molecule is CCOc1ccc(NC(=O)C(=O)NCC(O)c2ccc(OC)c(OC)c2)cc1. The van der Waals surface area contributed by atoms with Crippen molar-refractivity contribution in [3.05, 3.63) is 48.0 Å². The van der Waals surface area contributed by atoms with Crippen molar-refractivity contribution in [2.24, 2.45) is 0 Å². The zero-order valence-corrected chi connectivity index (χ0v) is 16.0. The standard InChI is InChI=1S/C20H24N2O6/c1-4-28-15-8-6-14(7-9-15)22-20(25)19(24)21-12-16(23)13-5-10-17(26-2)18(11-13)27-3/h5-11,16,23H,4,12H2,1-3H3,(H,21,24)(H,22,25). The molecule has 0 saturated carbocycles. The van der Waals surface area contributed by atoms with E-state index in [9.17, 15) is 14.7 Å². The Kier molecular flexibility index (Phi) is 7.65. The maximum atomic E-state index is 12.0. The first-order chi connectivity index (χ1) is 13.5. The third-order valence-electron chi connectivity index (χ3n) is 3.88. The number of carbonyl (C=O) groups is 2. The molecule has 2 aromatic carbocycles. The van der Waals surface area contributed by atoms with Gasteiger partial charge in [0, 0.05) is 12.2 Å². The lowest BCUT2D eigenvalue weighted by atomic mass is 10.1. The lowest BCUT2D eigenvalue weighted by Gasteiger charge is -2.15. The Hall–Kier alpha value is -3.26. The minimum absolute atomic E-state index is 0.134. The van der Waals surface area contributed by atoms with E-state index in [1.807, 2.05) is 6.92 Å². The molecule has 0 fully saturated rings. The summed E-state index contributed by atoms with van der Waals surface area (Å²) in [5.41, 5.74) is 0.980. The highest BCUT2D eigenvalue weighted by molar-refractivity contribution is 6.39. The molecular formula is C20H24N2O6. The summed E-state index contributed by atoms with van der Waals surface area (Å²) in [6.45, 7) is 2.28. The van der Waals surface area contributed by atoms with E-state index in [0.717, 1.165) is 0 Å². The number of hydrogen-bond acceptors (Lipinski definition) is 6. The van der Waals surface area contributed by atoms with E-state index in [1.54, 1.807) is 42.5 Å². The predicted molar refractivity (Wildman–Crippen MR) is 104 cm³/mol. The number of anilines is 1. The summed E-state index contributed by atoms with van der Waals surface area (Å²) >= 11 is 0. The van der Waals surface area contributed by atoms with Gasteiger partial charge in [-0.3, -0.25) is 9.59 Å². The molecule has 2 aromatic rings. The highest BCUT2D eigenvalue weighted by Gasteiger charge is 2.17. The summed E-state index contributed by atoms with van der Waals surface area (Å²) in [6.07, 6.45) is -1.01. The van der Waals surface area contributed by atoms with Gasteiger partial charge in [-0.1, -0.05) is 6.07 Å².